The Morgan fingerprint density at radius 2 is 1.79 bits per heavy atom. The average molecular weight is 330 g/mol. The Bertz CT molecular complexity index is 692. The van der Waals surface area contributed by atoms with E-state index in [-0.39, 0.29) is 29.2 Å². The number of hydrogen-bond acceptors (Lipinski definition) is 4. The van der Waals surface area contributed by atoms with Crippen molar-refractivity contribution in [1.29, 1.82) is 0 Å². The number of carbonyl (C=O) groups is 2. The molecule has 6 atom stereocenters. The minimum absolute atomic E-state index is 0.0195. The quantitative estimate of drug-likeness (QED) is 0.640. The molecule has 1 unspecified atom stereocenters. The van der Waals surface area contributed by atoms with Crippen LogP contribution in [0.2, 0.25) is 0 Å². The molecule has 4 rings (SSSR count). The minimum atomic E-state index is -0.449. The standard InChI is InChI=1S/C20H26O4/c1-11-13-10-14(21)12(2)18(11,3)8-9-19(4)15(23-19)6-7-20(5)17(24-20)16(13)22/h10,12,15,17H,1,6-9H2,2-5H3/t12-,15+,17-,18?,19+,20-/m1/s1. The number of carbonyl (C=O) groups excluding carboxylic acids is 2. The highest BCUT2D eigenvalue weighted by atomic mass is 16.6. The summed E-state index contributed by atoms with van der Waals surface area (Å²) in [6.45, 7) is 12.4. The van der Waals surface area contributed by atoms with Crippen LogP contribution in [0.4, 0.5) is 0 Å². The third-order valence-corrected chi connectivity index (χ3v) is 7.15. The highest BCUT2D eigenvalue weighted by Crippen LogP contribution is 2.54. The van der Waals surface area contributed by atoms with Gasteiger partial charge in [0.2, 0.25) is 0 Å². The lowest BCUT2D eigenvalue weighted by Gasteiger charge is -2.41. The van der Waals surface area contributed by atoms with Gasteiger partial charge in [-0.1, -0.05) is 20.4 Å². The normalized spacial score (nSPS) is 50.9. The Morgan fingerprint density at radius 1 is 1.08 bits per heavy atom. The number of ether oxygens (including phenoxy) is 2. The average Bonchev–Trinajstić information content (AvgIpc) is 3.40. The third kappa shape index (κ3) is 2.12. The summed E-state index contributed by atoms with van der Waals surface area (Å²) in [5.41, 5.74) is 0.331. The minimum Gasteiger partial charge on any atom is -0.366 e. The Balaban J connectivity index is 1.74. The number of hydrogen-bond donors (Lipinski definition) is 0. The monoisotopic (exact) mass is 330 g/mol. The van der Waals surface area contributed by atoms with E-state index in [2.05, 4.69) is 20.4 Å². The van der Waals surface area contributed by atoms with Crippen molar-refractivity contribution in [1.82, 2.24) is 0 Å². The maximum absolute atomic E-state index is 12.9. The van der Waals surface area contributed by atoms with Gasteiger partial charge in [-0.2, -0.15) is 0 Å². The molecule has 0 aromatic carbocycles. The molecule has 4 aliphatic rings. The number of Topliss-reactive ketones (excluding diaryl/α,β-unsaturated/α-hetero) is 1. The number of fused-ring (bicyclic) bond motifs is 4. The molecule has 2 heterocycles. The van der Waals surface area contributed by atoms with Gasteiger partial charge in [0.05, 0.1) is 11.7 Å². The fraction of sp³-hybridized carbons (Fsp3) is 0.700. The lowest BCUT2D eigenvalue weighted by Crippen LogP contribution is -2.40. The third-order valence-electron chi connectivity index (χ3n) is 7.15. The maximum atomic E-state index is 12.9. The van der Waals surface area contributed by atoms with Gasteiger partial charge in [0.1, 0.15) is 11.7 Å². The molecule has 4 heteroatoms. The van der Waals surface area contributed by atoms with Crippen molar-refractivity contribution in [3.8, 4) is 0 Å². The van der Waals surface area contributed by atoms with E-state index in [1.165, 1.54) is 6.08 Å². The van der Waals surface area contributed by atoms with Crippen LogP contribution in [0.1, 0.15) is 53.4 Å². The van der Waals surface area contributed by atoms with Crippen molar-refractivity contribution in [2.24, 2.45) is 11.3 Å². The fourth-order valence-electron chi connectivity index (χ4n) is 4.52. The zero-order chi connectivity index (χ0) is 17.5. The highest BCUT2D eigenvalue weighted by Gasteiger charge is 2.61. The largest absolute Gasteiger partial charge is 0.366 e. The molecular weight excluding hydrogens is 304 g/mol. The van der Waals surface area contributed by atoms with Gasteiger partial charge in [0.25, 0.3) is 0 Å². The molecule has 130 valence electrons. The van der Waals surface area contributed by atoms with Gasteiger partial charge >= 0.3 is 0 Å². The predicted molar refractivity (Wildman–Crippen MR) is 89.5 cm³/mol. The summed E-state index contributed by atoms with van der Waals surface area (Å²) in [5, 5.41) is 0. The first-order valence-corrected chi connectivity index (χ1v) is 8.96. The van der Waals surface area contributed by atoms with Crippen LogP contribution in [0.3, 0.4) is 0 Å². The lowest BCUT2D eigenvalue weighted by molar-refractivity contribution is -0.123. The number of epoxide rings is 2. The van der Waals surface area contributed by atoms with Gasteiger partial charge in [0.15, 0.2) is 11.6 Å². The molecular formula is C20H26O4. The van der Waals surface area contributed by atoms with Crippen molar-refractivity contribution in [3.05, 3.63) is 23.8 Å². The fourth-order valence-corrected chi connectivity index (χ4v) is 4.52. The second-order valence-electron chi connectivity index (χ2n) is 8.71. The Labute approximate surface area is 143 Å². The van der Waals surface area contributed by atoms with Crippen LogP contribution < -0.4 is 0 Å². The molecule has 24 heavy (non-hydrogen) atoms. The molecule has 2 bridgehead atoms. The van der Waals surface area contributed by atoms with E-state index < -0.39 is 17.1 Å². The van der Waals surface area contributed by atoms with Crippen LogP contribution in [0.25, 0.3) is 0 Å². The van der Waals surface area contributed by atoms with Crippen LogP contribution in [-0.4, -0.2) is 35.0 Å². The van der Waals surface area contributed by atoms with Crippen molar-refractivity contribution in [2.75, 3.05) is 0 Å². The van der Waals surface area contributed by atoms with Crippen LogP contribution in [0.5, 0.6) is 0 Å². The Kier molecular flexibility index (Phi) is 3.16. The second kappa shape index (κ2) is 4.67. The van der Waals surface area contributed by atoms with Crippen LogP contribution in [0.15, 0.2) is 23.8 Å². The van der Waals surface area contributed by atoms with Gasteiger partial charge in [-0.3, -0.25) is 9.59 Å². The smallest absolute Gasteiger partial charge is 0.194 e. The number of rotatable bonds is 0. The number of allylic oxidation sites excluding steroid dienone is 2. The van der Waals surface area contributed by atoms with Crippen molar-refractivity contribution >= 4 is 11.6 Å². The first kappa shape index (κ1) is 16.2. The topological polar surface area (TPSA) is 59.2 Å². The molecule has 0 spiro atoms. The molecule has 2 saturated heterocycles. The first-order chi connectivity index (χ1) is 11.1. The molecule has 4 nitrogen and oxygen atoms in total. The molecule has 0 aromatic heterocycles. The summed E-state index contributed by atoms with van der Waals surface area (Å²) in [7, 11) is 0. The molecule has 3 fully saturated rings. The van der Waals surface area contributed by atoms with Gasteiger partial charge < -0.3 is 9.47 Å². The Morgan fingerprint density at radius 3 is 2.50 bits per heavy atom. The lowest BCUT2D eigenvalue weighted by atomic mass is 9.61. The van der Waals surface area contributed by atoms with Crippen molar-refractivity contribution in [3.63, 3.8) is 0 Å². The van der Waals surface area contributed by atoms with Gasteiger partial charge in [-0.15, -0.1) is 0 Å². The van der Waals surface area contributed by atoms with E-state index in [0.717, 1.165) is 31.3 Å². The zero-order valence-corrected chi connectivity index (χ0v) is 15.0. The van der Waals surface area contributed by atoms with Crippen LogP contribution in [-0.2, 0) is 19.1 Å². The van der Waals surface area contributed by atoms with E-state index >= 15 is 0 Å². The van der Waals surface area contributed by atoms with Crippen LogP contribution in [0, 0.1) is 11.3 Å². The summed E-state index contributed by atoms with van der Waals surface area (Å²) in [5.74, 6) is -0.225. The van der Waals surface area contributed by atoms with E-state index in [1.54, 1.807) is 0 Å². The summed E-state index contributed by atoms with van der Waals surface area (Å²) in [6.07, 6.45) is 4.70. The van der Waals surface area contributed by atoms with E-state index in [0.29, 0.717) is 5.57 Å². The van der Waals surface area contributed by atoms with E-state index in [4.69, 9.17) is 9.47 Å². The first-order valence-electron chi connectivity index (χ1n) is 8.96. The van der Waals surface area contributed by atoms with Crippen molar-refractivity contribution < 1.29 is 19.1 Å². The van der Waals surface area contributed by atoms with Gasteiger partial charge in [-0.25, -0.2) is 0 Å². The molecule has 2 aliphatic heterocycles. The second-order valence-corrected chi connectivity index (χ2v) is 8.71. The molecule has 0 N–H and O–H groups in total. The van der Waals surface area contributed by atoms with Gasteiger partial charge in [0, 0.05) is 16.9 Å². The van der Waals surface area contributed by atoms with E-state index in [9.17, 15) is 9.59 Å². The summed E-state index contributed by atoms with van der Waals surface area (Å²) in [6, 6.07) is 0. The molecule has 1 saturated carbocycles. The van der Waals surface area contributed by atoms with Crippen molar-refractivity contribution in [2.45, 2.75) is 76.8 Å². The highest BCUT2D eigenvalue weighted by molar-refractivity contribution is 6.11. The SMILES string of the molecule is C=C1C2=CC(=O)[C@@H](C)C1(C)CC[C@]1(C)O[C@H]1CC[C@@]1(C)O[C@@H]1C2=O. The summed E-state index contributed by atoms with van der Waals surface area (Å²) in [4.78, 5) is 25.5. The maximum Gasteiger partial charge on any atom is 0.194 e. The van der Waals surface area contributed by atoms with Gasteiger partial charge in [-0.05, 0) is 51.2 Å². The molecule has 0 aromatic rings. The molecule has 0 amide bonds. The predicted octanol–water partition coefficient (Wildman–Crippen LogP) is 3.15. The summed E-state index contributed by atoms with van der Waals surface area (Å²) >= 11 is 0. The Hall–Kier alpha value is -1.26. The number of ketones is 2. The molecule has 0 radical (unpaired) electrons. The van der Waals surface area contributed by atoms with Crippen LogP contribution >= 0.6 is 0 Å². The van der Waals surface area contributed by atoms with E-state index in [1.807, 2.05) is 13.8 Å². The molecule has 2 aliphatic carbocycles. The summed E-state index contributed by atoms with van der Waals surface area (Å²) < 4.78 is 11.7. The zero-order valence-electron chi connectivity index (χ0n) is 15.0.